The predicted octanol–water partition coefficient (Wildman–Crippen LogP) is 1.76. The van der Waals surface area contributed by atoms with Crippen LogP contribution in [0.25, 0.3) is 0 Å². The number of carbonyl (C=O) groups excluding carboxylic acids is 1. The molecule has 0 aliphatic carbocycles. The fourth-order valence-corrected chi connectivity index (χ4v) is 1.51. The number of hydrogen-bond donors (Lipinski definition) is 1. The second-order valence-corrected chi connectivity index (χ2v) is 3.85. The topological polar surface area (TPSA) is 68.0 Å². The van der Waals surface area contributed by atoms with Gasteiger partial charge in [0.05, 0.1) is 6.54 Å². The first-order chi connectivity index (χ1) is 7.75. The molecular formula is C10H8BrN3O2. The van der Waals surface area contributed by atoms with Crippen LogP contribution in [-0.4, -0.2) is 16.0 Å². The number of halogens is 1. The van der Waals surface area contributed by atoms with Crippen molar-refractivity contribution in [3.8, 4) is 0 Å². The van der Waals surface area contributed by atoms with Gasteiger partial charge in [-0.15, -0.1) is 0 Å². The van der Waals surface area contributed by atoms with Crippen LogP contribution < -0.4 is 5.32 Å². The summed E-state index contributed by atoms with van der Waals surface area (Å²) in [4.78, 5) is 15.6. The van der Waals surface area contributed by atoms with Gasteiger partial charge in [-0.2, -0.15) is 0 Å². The van der Waals surface area contributed by atoms with Crippen LogP contribution in [0.3, 0.4) is 0 Å². The van der Waals surface area contributed by atoms with Crippen molar-refractivity contribution in [2.45, 2.75) is 6.54 Å². The first-order valence-corrected chi connectivity index (χ1v) is 5.34. The Kier molecular flexibility index (Phi) is 3.31. The number of rotatable bonds is 3. The molecule has 2 aromatic rings. The van der Waals surface area contributed by atoms with Crippen molar-refractivity contribution in [3.63, 3.8) is 0 Å². The molecule has 0 saturated carbocycles. The van der Waals surface area contributed by atoms with E-state index in [-0.39, 0.29) is 5.91 Å². The van der Waals surface area contributed by atoms with Crippen molar-refractivity contribution in [1.29, 1.82) is 0 Å². The molecular weight excluding hydrogens is 274 g/mol. The van der Waals surface area contributed by atoms with Crippen LogP contribution in [-0.2, 0) is 6.54 Å². The molecule has 0 spiro atoms. The fraction of sp³-hybridized carbons (Fsp3) is 0.100. The Bertz CT molecular complexity index is 485. The van der Waals surface area contributed by atoms with Crippen LogP contribution in [0, 0.1) is 0 Å². The van der Waals surface area contributed by atoms with E-state index in [1.54, 1.807) is 24.4 Å². The van der Waals surface area contributed by atoms with Gasteiger partial charge in [0.25, 0.3) is 5.91 Å². The Hall–Kier alpha value is -1.69. The lowest BCUT2D eigenvalue weighted by Crippen LogP contribution is -2.22. The quantitative estimate of drug-likeness (QED) is 0.871. The summed E-state index contributed by atoms with van der Waals surface area (Å²) in [6, 6.07) is 4.99. The standard InChI is InChI=1S/C10H8BrN3O2/c11-9-5-7(1-3-12-9)10(15)13-6-8-2-4-16-14-8/h1-5H,6H2,(H,13,15). The molecule has 0 unspecified atom stereocenters. The molecule has 0 aliphatic heterocycles. The normalized spacial score (nSPS) is 10.1. The van der Waals surface area contributed by atoms with Crippen molar-refractivity contribution in [2.75, 3.05) is 0 Å². The van der Waals surface area contributed by atoms with Gasteiger partial charge < -0.3 is 9.84 Å². The van der Waals surface area contributed by atoms with E-state index in [0.29, 0.717) is 22.4 Å². The van der Waals surface area contributed by atoms with Crippen molar-refractivity contribution in [1.82, 2.24) is 15.5 Å². The van der Waals surface area contributed by atoms with Crippen LogP contribution in [0.2, 0.25) is 0 Å². The fourth-order valence-electron chi connectivity index (χ4n) is 1.15. The third kappa shape index (κ3) is 2.66. The molecule has 0 atom stereocenters. The Morgan fingerprint density at radius 1 is 1.50 bits per heavy atom. The van der Waals surface area contributed by atoms with Crippen molar-refractivity contribution in [3.05, 3.63) is 46.5 Å². The van der Waals surface area contributed by atoms with E-state index in [9.17, 15) is 4.79 Å². The van der Waals surface area contributed by atoms with Gasteiger partial charge in [-0.25, -0.2) is 4.98 Å². The molecule has 1 N–H and O–H groups in total. The summed E-state index contributed by atoms with van der Waals surface area (Å²) in [5, 5.41) is 6.41. The summed E-state index contributed by atoms with van der Waals surface area (Å²) < 4.78 is 5.28. The average molecular weight is 282 g/mol. The number of pyridine rings is 1. The Morgan fingerprint density at radius 2 is 2.38 bits per heavy atom. The zero-order chi connectivity index (χ0) is 11.4. The summed E-state index contributed by atoms with van der Waals surface area (Å²) in [6.07, 6.45) is 3.03. The summed E-state index contributed by atoms with van der Waals surface area (Å²) in [7, 11) is 0. The van der Waals surface area contributed by atoms with Gasteiger partial charge in [-0.3, -0.25) is 4.79 Å². The minimum absolute atomic E-state index is 0.175. The smallest absolute Gasteiger partial charge is 0.251 e. The first-order valence-electron chi connectivity index (χ1n) is 4.55. The molecule has 2 aromatic heterocycles. The maximum Gasteiger partial charge on any atom is 0.251 e. The van der Waals surface area contributed by atoms with E-state index >= 15 is 0 Å². The summed E-state index contributed by atoms with van der Waals surface area (Å²) in [5.74, 6) is -0.175. The molecule has 0 aliphatic rings. The predicted molar refractivity (Wildman–Crippen MR) is 59.6 cm³/mol. The van der Waals surface area contributed by atoms with Gasteiger partial charge in [-0.1, -0.05) is 5.16 Å². The highest BCUT2D eigenvalue weighted by Crippen LogP contribution is 2.08. The monoisotopic (exact) mass is 281 g/mol. The number of amides is 1. The Morgan fingerprint density at radius 3 is 3.06 bits per heavy atom. The van der Waals surface area contributed by atoms with Gasteiger partial charge in [0.15, 0.2) is 0 Å². The summed E-state index contributed by atoms with van der Waals surface area (Å²) >= 11 is 3.20. The molecule has 6 heteroatoms. The SMILES string of the molecule is O=C(NCc1ccon1)c1ccnc(Br)c1. The van der Waals surface area contributed by atoms with Crippen molar-refractivity contribution < 1.29 is 9.32 Å². The summed E-state index contributed by atoms with van der Waals surface area (Å²) in [5.41, 5.74) is 1.23. The molecule has 82 valence electrons. The highest BCUT2D eigenvalue weighted by Gasteiger charge is 2.06. The van der Waals surface area contributed by atoms with E-state index in [1.807, 2.05) is 0 Å². The number of nitrogens with zero attached hydrogens (tertiary/aromatic N) is 2. The minimum Gasteiger partial charge on any atom is -0.364 e. The van der Waals surface area contributed by atoms with E-state index in [4.69, 9.17) is 0 Å². The van der Waals surface area contributed by atoms with Crippen LogP contribution in [0.1, 0.15) is 16.1 Å². The van der Waals surface area contributed by atoms with Crippen LogP contribution in [0.15, 0.2) is 39.8 Å². The van der Waals surface area contributed by atoms with Crippen LogP contribution in [0.4, 0.5) is 0 Å². The Labute approximate surface area is 100.0 Å². The third-order valence-corrected chi connectivity index (χ3v) is 2.34. The second kappa shape index (κ2) is 4.89. The van der Waals surface area contributed by atoms with Gasteiger partial charge in [0.2, 0.25) is 0 Å². The molecule has 1 amide bonds. The number of hydrogen-bond acceptors (Lipinski definition) is 4. The van der Waals surface area contributed by atoms with Gasteiger partial charge in [-0.05, 0) is 28.1 Å². The lowest BCUT2D eigenvalue weighted by atomic mass is 10.2. The second-order valence-electron chi connectivity index (χ2n) is 3.04. The maximum atomic E-state index is 11.7. The van der Waals surface area contributed by atoms with Gasteiger partial charge >= 0.3 is 0 Å². The first kappa shape index (κ1) is 10.8. The minimum atomic E-state index is -0.175. The third-order valence-electron chi connectivity index (χ3n) is 1.91. The lowest BCUT2D eigenvalue weighted by molar-refractivity contribution is 0.0950. The zero-order valence-electron chi connectivity index (χ0n) is 8.18. The van der Waals surface area contributed by atoms with E-state index in [2.05, 4.69) is 35.9 Å². The number of nitrogens with one attached hydrogen (secondary N) is 1. The molecule has 2 heterocycles. The number of carbonyl (C=O) groups is 1. The zero-order valence-corrected chi connectivity index (χ0v) is 9.77. The molecule has 0 radical (unpaired) electrons. The molecule has 16 heavy (non-hydrogen) atoms. The molecule has 0 aromatic carbocycles. The average Bonchev–Trinajstić information content (AvgIpc) is 2.78. The summed E-state index contributed by atoms with van der Waals surface area (Å²) in [6.45, 7) is 0.343. The number of aromatic nitrogens is 2. The van der Waals surface area contributed by atoms with Gasteiger partial charge in [0, 0.05) is 17.8 Å². The highest BCUT2D eigenvalue weighted by molar-refractivity contribution is 9.10. The van der Waals surface area contributed by atoms with E-state index in [0.717, 1.165) is 0 Å². The van der Waals surface area contributed by atoms with Crippen LogP contribution >= 0.6 is 15.9 Å². The largest absolute Gasteiger partial charge is 0.364 e. The van der Waals surface area contributed by atoms with Gasteiger partial charge in [0.1, 0.15) is 16.6 Å². The van der Waals surface area contributed by atoms with E-state index in [1.165, 1.54) is 6.26 Å². The molecule has 0 saturated heterocycles. The molecule has 2 rings (SSSR count). The van der Waals surface area contributed by atoms with Crippen molar-refractivity contribution >= 4 is 21.8 Å². The molecule has 5 nitrogen and oxygen atoms in total. The van der Waals surface area contributed by atoms with Crippen molar-refractivity contribution in [2.24, 2.45) is 0 Å². The molecule has 0 fully saturated rings. The Balaban J connectivity index is 1.98. The lowest BCUT2D eigenvalue weighted by Gasteiger charge is -2.02. The van der Waals surface area contributed by atoms with E-state index < -0.39 is 0 Å². The maximum absolute atomic E-state index is 11.7. The highest BCUT2D eigenvalue weighted by atomic mass is 79.9. The molecule has 0 bridgehead atoms. The van der Waals surface area contributed by atoms with Crippen LogP contribution in [0.5, 0.6) is 0 Å².